The van der Waals surface area contributed by atoms with E-state index >= 15 is 0 Å². The van der Waals surface area contributed by atoms with Gasteiger partial charge < -0.3 is 10.0 Å². The molecule has 5 nitrogen and oxygen atoms in total. The SMILES string of the molecule is Cc1ccc(C(=O)N2CC[C@@H](C3CCN(Cc4cccnc4)CC3)C2)cc1O. The molecule has 2 fully saturated rings. The van der Waals surface area contributed by atoms with Crippen LogP contribution in [-0.2, 0) is 6.54 Å². The van der Waals surface area contributed by atoms with Crippen LogP contribution in [0.5, 0.6) is 5.75 Å². The molecule has 1 N–H and O–H groups in total. The van der Waals surface area contributed by atoms with Gasteiger partial charge in [0.2, 0.25) is 0 Å². The molecule has 5 heteroatoms. The molecule has 0 radical (unpaired) electrons. The molecule has 2 saturated heterocycles. The third kappa shape index (κ3) is 4.20. The molecule has 2 aromatic rings. The zero-order chi connectivity index (χ0) is 19.5. The Hall–Kier alpha value is -2.40. The van der Waals surface area contributed by atoms with Crippen LogP contribution < -0.4 is 0 Å². The van der Waals surface area contributed by atoms with E-state index in [1.807, 2.05) is 42.4 Å². The number of benzene rings is 1. The summed E-state index contributed by atoms with van der Waals surface area (Å²) in [4.78, 5) is 21.5. The Bertz CT molecular complexity index is 816. The molecule has 148 valence electrons. The summed E-state index contributed by atoms with van der Waals surface area (Å²) in [7, 11) is 0. The highest BCUT2D eigenvalue weighted by atomic mass is 16.3. The number of hydrogen-bond donors (Lipinski definition) is 1. The Balaban J connectivity index is 1.29. The molecule has 1 aromatic heterocycles. The Morgan fingerprint density at radius 2 is 1.93 bits per heavy atom. The van der Waals surface area contributed by atoms with E-state index in [4.69, 9.17) is 0 Å². The second-order valence-electron chi connectivity index (χ2n) is 8.28. The van der Waals surface area contributed by atoms with Gasteiger partial charge in [0.05, 0.1) is 0 Å². The summed E-state index contributed by atoms with van der Waals surface area (Å²) in [6, 6.07) is 9.38. The van der Waals surface area contributed by atoms with E-state index < -0.39 is 0 Å². The van der Waals surface area contributed by atoms with E-state index in [9.17, 15) is 9.90 Å². The average Bonchev–Trinajstić information content (AvgIpc) is 3.21. The highest BCUT2D eigenvalue weighted by Crippen LogP contribution is 2.33. The monoisotopic (exact) mass is 379 g/mol. The minimum Gasteiger partial charge on any atom is -0.508 e. The Labute approximate surface area is 167 Å². The van der Waals surface area contributed by atoms with Crippen LogP contribution in [0.3, 0.4) is 0 Å². The molecule has 0 bridgehead atoms. The molecule has 1 atom stereocenters. The number of aryl methyl sites for hydroxylation is 1. The third-order valence-electron chi connectivity index (χ3n) is 6.40. The van der Waals surface area contributed by atoms with Crippen LogP contribution in [-0.4, -0.2) is 52.0 Å². The number of pyridine rings is 1. The summed E-state index contributed by atoms with van der Waals surface area (Å²) in [6.45, 7) is 6.74. The van der Waals surface area contributed by atoms with Crippen molar-refractivity contribution in [3.8, 4) is 5.75 Å². The van der Waals surface area contributed by atoms with Crippen molar-refractivity contribution in [1.29, 1.82) is 0 Å². The number of phenolic OH excluding ortho intramolecular Hbond substituents is 1. The largest absolute Gasteiger partial charge is 0.508 e. The topological polar surface area (TPSA) is 56.7 Å². The molecule has 0 saturated carbocycles. The van der Waals surface area contributed by atoms with Gasteiger partial charge in [-0.05, 0) is 80.4 Å². The second kappa shape index (κ2) is 8.31. The first-order valence-electron chi connectivity index (χ1n) is 10.3. The number of nitrogens with zero attached hydrogens (tertiary/aromatic N) is 3. The average molecular weight is 380 g/mol. The summed E-state index contributed by atoms with van der Waals surface area (Å²) in [5.41, 5.74) is 2.67. The number of piperidine rings is 1. The fourth-order valence-electron chi connectivity index (χ4n) is 4.61. The summed E-state index contributed by atoms with van der Waals surface area (Å²) < 4.78 is 0. The maximum Gasteiger partial charge on any atom is 0.253 e. The third-order valence-corrected chi connectivity index (χ3v) is 6.40. The number of hydrogen-bond acceptors (Lipinski definition) is 4. The lowest BCUT2D eigenvalue weighted by molar-refractivity contribution is 0.0772. The molecule has 28 heavy (non-hydrogen) atoms. The fraction of sp³-hybridized carbons (Fsp3) is 0.478. The first-order chi connectivity index (χ1) is 13.6. The number of likely N-dealkylation sites (tertiary alicyclic amines) is 2. The van der Waals surface area contributed by atoms with Crippen LogP contribution in [0.2, 0.25) is 0 Å². The van der Waals surface area contributed by atoms with Crippen molar-refractivity contribution in [3.05, 3.63) is 59.4 Å². The fourth-order valence-corrected chi connectivity index (χ4v) is 4.61. The van der Waals surface area contributed by atoms with Crippen LogP contribution in [0.1, 0.15) is 40.7 Å². The Morgan fingerprint density at radius 1 is 1.14 bits per heavy atom. The maximum absolute atomic E-state index is 12.8. The van der Waals surface area contributed by atoms with Crippen LogP contribution in [0, 0.1) is 18.8 Å². The number of aromatic nitrogens is 1. The highest BCUT2D eigenvalue weighted by molar-refractivity contribution is 5.94. The highest BCUT2D eigenvalue weighted by Gasteiger charge is 2.34. The molecule has 0 aliphatic carbocycles. The van der Waals surface area contributed by atoms with Crippen LogP contribution in [0.15, 0.2) is 42.7 Å². The Kier molecular flexibility index (Phi) is 5.62. The van der Waals surface area contributed by atoms with Crippen molar-refractivity contribution in [3.63, 3.8) is 0 Å². The second-order valence-corrected chi connectivity index (χ2v) is 8.28. The van der Waals surface area contributed by atoms with Gasteiger partial charge in [-0.1, -0.05) is 12.1 Å². The van der Waals surface area contributed by atoms with E-state index in [2.05, 4.69) is 16.0 Å². The van der Waals surface area contributed by atoms with Crippen LogP contribution in [0.25, 0.3) is 0 Å². The number of rotatable bonds is 4. The van der Waals surface area contributed by atoms with Gasteiger partial charge >= 0.3 is 0 Å². The Morgan fingerprint density at radius 3 is 2.64 bits per heavy atom. The summed E-state index contributed by atoms with van der Waals surface area (Å²) in [6.07, 6.45) is 7.28. The summed E-state index contributed by atoms with van der Waals surface area (Å²) in [5, 5.41) is 9.90. The normalized spacial score (nSPS) is 21.2. The van der Waals surface area contributed by atoms with E-state index in [0.717, 1.165) is 44.7 Å². The van der Waals surface area contributed by atoms with Crippen LogP contribution >= 0.6 is 0 Å². The lowest BCUT2D eigenvalue weighted by Gasteiger charge is -2.34. The van der Waals surface area contributed by atoms with Gasteiger partial charge in [-0.15, -0.1) is 0 Å². The van der Waals surface area contributed by atoms with E-state index in [1.165, 1.54) is 18.4 Å². The predicted molar refractivity (Wildman–Crippen MR) is 109 cm³/mol. The molecule has 1 aromatic carbocycles. The van der Waals surface area contributed by atoms with Crippen molar-refractivity contribution in [2.45, 2.75) is 32.7 Å². The summed E-state index contributed by atoms with van der Waals surface area (Å²) >= 11 is 0. The number of phenols is 1. The smallest absolute Gasteiger partial charge is 0.253 e. The van der Waals surface area contributed by atoms with Crippen LogP contribution in [0.4, 0.5) is 0 Å². The van der Waals surface area contributed by atoms with Gasteiger partial charge in [-0.3, -0.25) is 14.7 Å². The first-order valence-corrected chi connectivity index (χ1v) is 10.3. The molecule has 2 aliphatic heterocycles. The number of amides is 1. The van der Waals surface area contributed by atoms with E-state index in [-0.39, 0.29) is 11.7 Å². The van der Waals surface area contributed by atoms with Gasteiger partial charge in [-0.25, -0.2) is 0 Å². The minimum absolute atomic E-state index is 0.0480. The standard InChI is InChI=1S/C23H29N3O2/c1-17-4-5-20(13-22(17)27)23(28)26-12-8-21(16-26)19-6-10-25(11-7-19)15-18-3-2-9-24-14-18/h2-5,9,13-14,19,21,27H,6-8,10-12,15-16H2,1H3/t21-/m1/s1. The zero-order valence-corrected chi connectivity index (χ0v) is 16.6. The van der Waals surface area contributed by atoms with Gasteiger partial charge in [0.1, 0.15) is 5.75 Å². The van der Waals surface area contributed by atoms with Gasteiger partial charge in [0.25, 0.3) is 5.91 Å². The van der Waals surface area contributed by atoms with Crippen molar-refractivity contribution < 1.29 is 9.90 Å². The minimum atomic E-state index is 0.0480. The summed E-state index contributed by atoms with van der Waals surface area (Å²) in [5.74, 6) is 1.55. The molecule has 3 heterocycles. The molecule has 0 spiro atoms. The van der Waals surface area contributed by atoms with Crippen molar-refractivity contribution in [1.82, 2.24) is 14.8 Å². The number of carbonyl (C=O) groups is 1. The van der Waals surface area contributed by atoms with Gasteiger partial charge in [-0.2, -0.15) is 0 Å². The lowest BCUT2D eigenvalue weighted by atomic mass is 9.83. The number of carbonyl (C=O) groups excluding carboxylic acids is 1. The molecular weight excluding hydrogens is 350 g/mol. The lowest BCUT2D eigenvalue weighted by Crippen LogP contribution is -2.37. The van der Waals surface area contributed by atoms with E-state index in [1.54, 1.807) is 6.07 Å². The molecule has 2 aliphatic rings. The van der Waals surface area contributed by atoms with Crippen molar-refractivity contribution in [2.75, 3.05) is 26.2 Å². The number of aromatic hydroxyl groups is 1. The van der Waals surface area contributed by atoms with Gasteiger partial charge in [0.15, 0.2) is 0 Å². The zero-order valence-electron chi connectivity index (χ0n) is 16.6. The van der Waals surface area contributed by atoms with Gasteiger partial charge in [0, 0.05) is 37.6 Å². The molecule has 0 unspecified atom stereocenters. The predicted octanol–water partition coefficient (Wildman–Crippen LogP) is 3.47. The molecule has 1 amide bonds. The van der Waals surface area contributed by atoms with Crippen molar-refractivity contribution >= 4 is 5.91 Å². The first kappa shape index (κ1) is 18.9. The quantitative estimate of drug-likeness (QED) is 0.884. The maximum atomic E-state index is 12.8. The molecule has 4 rings (SSSR count). The van der Waals surface area contributed by atoms with E-state index in [0.29, 0.717) is 17.4 Å². The van der Waals surface area contributed by atoms with Crippen molar-refractivity contribution in [2.24, 2.45) is 11.8 Å². The molecular formula is C23H29N3O2.